The molecule has 34 heavy (non-hydrogen) atoms. The van der Waals surface area contributed by atoms with E-state index < -0.39 is 60.1 Å². The van der Waals surface area contributed by atoms with Crippen LogP contribution < -0.4 is 10.1 Å². The predicted octanol–water partition coefficient (Wildman–Crippen LogP) is 4.98. The Morgan fingerprint density at radius 3 is 2.56 bits per heavy atom. The number of benzene rings is 1. The van der Waals surface area contributed by atoms with E-state index in [0.29, 0.717) is 17.8 Å². The molecular formula is C24H28F4N2O4. The molecule has 2 aromatic rings. The molecule has 6 nitrogen and oxygen atoms in total. The molecule has 1 amide bonds. The highest BCUT2D eigenvalue weighted by Crippen LogP contribution is 2.49. The van der Waals surface area contributed by atoms with Gasteiger partial charge in [-0.2, -0.15) is 4.39 Å². The van der Waals surface area contributed by atoms with Gasteiger partial charge < -0.3 is 19.9 Å². The number of aliphatic hydroxyl groups excluding tert-OH is 1. The van der Waals surface area contributed by atoms with Gasteiger partial charge in [-0.1, -0.05) is 19.9 Å². The highest BCUT2D eigenvalue weighted by atomic mass is 19.3. The van der Waals surface area contributed by atoms with Crippen LogP contribution in [0.15, 0.2) is 30.5 Å². The maximum Gasteiger partial charge on any atom is 0.272 e. The molecule has 2 heterocycles. The molecular weight excluding hydrogens is 456 g/mol. The van der Waals surface area contributed by atoms with Crippen molar-refractivity contribution >= 4 is 11.6 Å². The summed E-state index contributed by atoms with van der Waals surface area (Å²) in [5.41, 5.74) is 0.0200. The van der Waals surface area contributed by atoms with Crippen LogP contribution in [0.3, 0.4) is 0 Å². The molecule has 186 valence electrons. The van der Waals surface area contributed by atoms with Crippen LogP contribution in [0.25, 0.3) is 0 Å². The SMILES string of the molecule is CC[C@H](O)c1ccc(NC(=O)[C@@H]2OC(C)(C)[C@@H](C)[C@H]2c2ccc(F)c(F)c2OCC(F)F)cn1. The number of carbonyl (C=O) groups is 1. The van der Waals surface area contributed by atoms with Crippen LogP contribution in [0.5, 0.6) is 5.75 Å². The van der Waals surface area contributed by atoms with E-state index in [1.165, 1.54) is 12.3 Å². The monoisotopic (exact) mass is 484 g/mol. The molecule has 2 N–H and O–H groups in total. The number of alkyl halides is 2. The fourth-order valence-corrected chi connectivity index (χ4v) is 4.05. The summed E-state index contributed by atoms with van der Waals surface area (Å²) >= 11 is 0. The first kappa shape index (κ1) is 25.9. The van der Waals surface area contributed by atoms with Gasteiger partial charge in [-0.05, 0) is 44.4 Å². The highest BCUT2D eigenvalue weighted by Gasteiger charge is 2.51. The number of hydrogen-bond donors (Lipinski definition) is 2. The number of nitrogens with one attached hydrogen (secondary N) is 1. The maximum absolute atomic E-state index is 14.6. The molecule has 0 saturated carbocycles. The summed E-state index contributed by atoms with van der Waals surface area (Å²) in [6.45, 7) is 5.95. The Morgan fingerprint density at radius 2 is 1.97 bits per heavy atom. The molecule has 3 rings (SSSR count). The van der Waals surface area contributed by atoms with Gasteiger partial charge in [0, 0.05) is 11.5 Å². The fourth-order valence-electron chi connectivity index (χ4n) is 4.05. The van der Waals surface area contributed by atoms with Crippen LogP contribution in [0.2, 0.25) is 0 Å². The highest BCUT2D eigenvalue weighted by molar-refractivity contribution is 5.95. The summed E-state index contributed by atoms with van der Waals surface area (Å²) in [4.78, 5) is 17.3. The lowest BCUT2D eigenvalue weighted by atomic mass is 9.78. The third-order valence-corrected chi connectivity index (χ3v) is 6.23. The minimum Gasteiger partial charge on any atom is -0.484 e. The van der Waals surface area contributed by atoms with Crippen LogP contribution >= 0.6 is 0 Å². The third-order valence-electron chi connectivity index (χ3n) is 6.23. The Morgan fingerprint density at radius 1 is 1.26 bits per heavy atom. The summed E-state index contributed by atoms with van der Waals surface area (Å²) < 4.78 is 64.9. The Hall–Kier alpha value is -2.72. The lowest BCUT2D eigenvalue weighted by molar-refractivity contribution is -0.131. The van der Waals surface area contributed by atoms with E-state index in [0.717, 1.165) is 6.07 Å². The molecule has 0 spiro atoms. The Kier molecular flexibility index (Phi) is 7.82. The molecule has 0 radical (unpaired) electrons. The van der Waals surface area contributed by atoms with E-state index in [2.05, 4.69) is 10.3 Å². The predicted molar refractivity (Wildman–Crippen MR) is 117 cm³/mol. The molecule has 0 unspecified atom stereocenters. The second-order valence-corrected chi connectivity index (χ2v) is 8.82. The largest absolute Gasteiger partial charge is 0.484 e. The number of carbonyl (C=O) groups excluding carboxylic acids is 1. The van der Waals surface area contributed by atoms with Crippen molar-refractivity contribution in [1.82, 2.24) is 4.98 Å². The second kappa shape index (κ2) is 10.3. The van der Waals surface area contributed by atoms with Crippen molar-refractivity contribution in [2.45, 2.75) is 64.3 Å². The standard InChI is InChI=1S/C24H28F4N2O4/c1-5-17(31)16-9-6-13(10-29-16)30-23(32)22-19(12(2)24(3,4)34-22)14-7-8-15(25)20(28)21(14)33-11-18(26)27/h6-10,12,17-19,22,31H,5,11H2,1-4H3,(H,30,32)/t12-,17-,19-,22+/m0/s1. The lowest BCUT2D eigenvalue weighted by Crippen LogP contribution is -2.33. The smallest absolute Gasteiger partial charge is 0.272 e. The summed E-state index contributed by atoms with van der Waals surface area (Å²) in [5, 5.41) is 12.6. The van der Waals surface area contributed by atoms with Crippen LogP contribution in [-0.4, -0.2) is 40.7 Å². The van der Waals surface area contributed by atoms with Gasteiger partial charge in [-0.25, -0.2) is 13.2 Å². The zero-order valence-corrected chi connectivity index (χ0v) is 19.3. The Balaban J connectivity index is 1.93. The number of hydrogen-bond acceptors (Lipinski definition) is 5. The van der Waals surface area contributed by atoms with Crippen LogP contribution in [0, 0.1) is 17.6 Å². The number of anilines is 1. The van der Waals surface area contributed by atoms with Gasteiger partial charge in [0.05, 0.1) is 29.3 Å². The molecule has 1 fully saturated rings. The van der Waals surface area contributed by atoms with Gasteiger partial charge in [0.25, 0.3) is 12.3 Å². The van der Waals surface area contributed by atoms with E-state index in [1.807, 2.05) is 0 Å². The minimum absolute atomic E-state index is 0.0670. The fraction of sp³-hybridized carbons (Fsp3) is 0.500. The van der Waals surface area contributed by atoms with E-state index >= 15 is 0 Å². The summed E-state index contributed by atoms with van der Waals surface area (Å²) in [5.74, 6) is -5.08. The number of ether oxygens (including phenoxy) is 2. The molecule has 1 aliphatic rings. The zero-order chi connectivity index (χ0) is 25.2. The van der Waals surface area contributed by atoms with Gasteiger partial charge in [0.1, 0.15) is 12.7 Å². The number of halogens is 4. The van der Waals surface area contributed by atoms with Crippen LogP contribution in [0.1, 0.15) is 57.4 Å². The number of pyridine rings is 1. The Bertz CT molecular complexity index is 1020. The molecule has 1 aromatic heterocycles. The average Bonchev–Trinajstić information content (AvgIpc) is 3.03. The average molecular weight is 484 g/mol. The number of nitrogens with zero attached hydrogens (tertiary/aromatic N) is 1. The van der Waals surface area contributed by atoms with Crippen molar-refractivity contribution < 1.29 is 36.9 Å². The van der Waals surface area contributed by atoms with E-state index in [1.54, 1.807) is 39.8 Å². The van der Waals surface area contributed by atoms with Gasteiger partial charge in [-0.15, -0.1) is 0 Å². The van der Waals surface area contributed by atoms with E-state index in [4.69, 9.17) is 9.47 Å². The normalized spacial score (nSPS) is 22.6. The quantitative estimate of drug-likeness (QED) is 0.517. The number of aliphatic hydroxyl groups is 1. The molecule has 1 aliphatic heterocycles. The number of amides is 1. The first-order valence-electron chi connectivity index (χ1n) is 11.0. The van der Waals surface area contributed by atoms with Crippen molar-refractivity contribution in [1.29, 1.82) is 0 Å². The molecule has 4 atom stereocenters. The van der Waals surface area contributed by atoms with Gasteiger partial charge in [0.15, 0.2) is 11.6 Å². The molecule has 1 saturated heterocycles. The van der Waals surface area contributed by atoms with Gasteiger partial charge in [-0.3, -0.25) is 9.78 Å². The molecule has 0 aliphatic carbocycles. The van der Waals surface area contributed by atoms with Crippen LogP contribution in [0.4, 0.5) is 23.2 Å². The van der Waals surface area contributed by atoms with Gasteiger partial charge in [0.2, 0.25) is 5.82 Å². The topological polar surface area (TPSA) is 80.7 Å². The van der Waals surface area contributed by atoms with E-state index in [-0.39, 0.29) is 11.5 Å². The second-order valence-electron chi connectivity index (χ2n) is 8.82. The summed E-state index contributed by atoms with van der Waals surface area (Å²) in [6.07, 6.45) is -2.91. The first-order valence-corrected chi connectivity index (χ1v) is 11.0. The molecule has 10 heteroatoms. The van der Waals surface area contributed by atoms with Crippen molar-refractivity contribution in [3.8, 4) is 5.75 Å². The third kappa shape index (κ3) is 5.33. The maximum atomic E-state index is 14.6. The molecule has 0 bridgehead atoms. The van der Waals surface area contributed by atoms with Crippen molar-refractivity contribution in [3.05, 3.63) is 53.4 Å². The minimum atomic E-state index is -2.90. The number of rotatable bonds is 8. The van der Waals surface area contributed by atoms with Gasteiger partial charge >= 0.3 is 0 Å². The van der Waals surface area contributed by atoms with E-state index in [9.17, 15) is 27.5 Å². The van der Waals surface area contributed by atoms with Crippen LogP contribution in [-0.2, 0) is 9.53 Å². The molecule has 1 aromatic carbocycles. The van der Waals surface area contributed by atoms with Crippen molar-refractivity contribution in [2.75, 3.05) is 11.9 Å². The summed E-state index contributed by atoms with van der Waals surface area (Å²) in [7, 11) is 0. The van der Waals surface area contributed by atoms with Crippen molar-refractivity contribution in [2.24, 2.45) is 5.92 Å². The first-order chi connectivity index (χ1) is 16.0. The van der Waals surface area contributed by atoms with Crippen molar-refractivity contribution in [3.63, 3.8) is 0 Å². The zero-order valence-electron chi connectivity index (χ0n) is 19.3. The lowest BCUT2D eigenvalue weighted by Gasteiger charge is -2.26. The number of aromatic nitrogens is 1. The Labute approximate surface area is 195 Å². The summed E-state index contributed by atoms with van der Waals surface area (Å²) in [6, 6.07) is 5.25.